The normalized spacial score (nSPS) is 11.4. The maximum atomic E-state index is 10.8. The van der Waals surface area contributed by atoms with Gasteiger partial charge in [0.2, 0.25) is 0 Å². The van der Waals surface area contributed by atoms with Gasteiger partial charge < -0.3 is 5.32 Å². The summed E-state index contributed by atoms with van der Waals surface area (Å²) in [6, 6.07) is 4.95. The first kappa shape index (κ1) is 15.5. The molecule has 106 valence electrons. The van der Waals surface area contributed by atoms with Crippen molar-refractivity contribution >= 4 is 11.4 Å². The fourth-order valence-electron chi connectivity index (χ4n) is 2.38. The maximum absolute atomic E-state index is 10.8. The van der Waals surface area contributed by atoms with E-state index < -0.39 is 0 Å². The molecule has 0 unspecified atom stereocenters. The molecule has 1 rings (SSSR count). The van der Waals surface area contributed by atoms with E-state index in [1.165, 1.54) is 0 Å². The van der Waals surface area contributed by atoms with Crippen LogP contribution in [0, 0.1) is 34.8 Å². The van der Waals surface area contributed by atoms with E-state index in [0.717, 1.165) is 17.8 Å². The number of benzene rings is 1. The lowest BCUT2D eigenvalue weighted by atomic mass is 9.85. The van der Waals surface area contributed by atoms with Gasteiger partial charge >= 0.3 is 0 Å². The molecule has 0 aliphatic heterocycles. The molecule has 19 heavy (non-hydrogen) atoms. The third kappa shape index (κ3) is 4.23. The van der Waals surface area contributed by atoms with Crippen molar-refractivity contribution in [3.8, 4) is 0 Å². The van der Waals surface area contributed by atoms with Crippen LogP contribution in [0.5, 0.6) is 0 Å². The van der Waals surface area contributed by atoms with E-state index in [0.29, 0.717) is 17.8 Å². The summed E-state index contributed by atoms with van der Waals surface area (Å²) in [6.45, 7) is 11.7. The number of nitro groups is 1. The average molecular weight is 264 g/mol. The van der Waals surface area contributed by atoms with E-state index in [-0.39, 0.29) is 10.6 Å². The van der Waals surface area contributed by atoms with Gasteiger partial charge in [-0.25, -0.2) is 0 Å². The minimum Gasteiger partial charge on any atom is -0.384 e. The molecule has 0 bridgehead atoms. The summed E-state index contributed by atoms with van der Waals surface area (Å²) in [7, 11) is 0. The molecule has 0 atom stereocenters. The largest absolute Gasteiger partial charge is 0.384 e. The van der Waals surface area contributed by atoms with Crippen LogP contribution in [0.25, 0.3) is 0 Å². The van der Waals surface area contributed by atoms with Crippen LogP contribution >= 0.6 is 0 Å². The highest BCUT2D eigenvalue weighted by Crippen LogP contribution is 2.25. The van der Waals surface area contributed by atoms with Crippen LogP contribution in [0.15, 0.2) is 18.2 Å². The van der Waals surface area contributed by atoms with Crippen molar-refractivity contribution in [1.29, 1.82) is 0 Å². The second kappa shape index (κ2) is 6.55. The molecule has 0 heterocycles. The molecule has 0 fully saturated rings. The molecular formula is C15H24N2O2. The molecule has 4 heteroatoms. The number of nitrogens with one attached hydrogen (secondary N) is 1. The summed E-state index contributed by atoms with van der Waals surface area (Å²) in [5.41, 5.74) is 2.04. The van der Waals surface area contributed by atoms with Crippen LogP contribution in [-0.2, 0) is 0 Å². The van der Waals surface area contributed by atoms with Gasteiger partial charge in [-0.05, 0) is 30.2 Å². The smallest absolute Gasteiger partial charge is 0.271 e. The predicted molar refractivity (Wildman–Crippen MR) is 79.5 cm³/mol. The Morgan fingerprint density at radius 2 is 1.79 bits per heavy atom. The van der Waals surface area contributed by atoms with Gasteiger partial charge in [0.15, 0.2) is 0 Å². The van der Waals surface area contributed by atoms with Gasteiger partial charge in [-0.1, -0.05) is 33.8 Å². The Hall–Kier alpha value is -1.58. The quantitative estimate of drug-likeness (QED) is 0.617. The van der Waals surface area contributed by atoms with Crippen LogP contribution in [-0.4, -0.2) is 11.5 Å². The first-order chi connectivity index (χ1) is 8.82. The number of nitrogens with zero attached hydrogens (tertiary/aromatic N) is 1. The lowest BCUT2D eigenvalue weighted by molar-refractivity contribution is -0.384. The standard InChI is InChI=1S/C15H24N2O2/c1-10(2)14(11(3)4)9-16-15-8-13(17(18)19)7-6-12(15)5/h6-8,10-11,14,16H,9H2,1-5H3. The van der Waals surface area contributed by atoms with Crippen molar-refractivity contribution in [1.82, 2.24) is 0 Å². The summed E-state index contributed by atoms with van der Waals surface area (Å²) >= 11 is 0. The highest BCUT2D eigenvalue weighted by molar-refractivity contribution is 5.56. The van der Waals surface area contributed by atoms with Crippen LogP contribution in [0.1, 0.15) is 33.3 Å². The zero-order valence-electron chi connectivity index (χ0n) is 12.4. The molecule has 0 saturated heterocycles. The molecule has 0 aliphatic carbocycles. The molecular weight excluding hydrogens is 240 g/mol. The van der Waals surface area contributed by atoms with Gasteiger partial charge in [0.1, 0.15) is 0 Å². The number of hydrogen-bond donors (Lipinski definition) is 1. The number of aryl methyl sites for hydroxylation is 1. The molecule has 0 radical (unpaired) electrons. The average Bonchev–Trinajstić information content (AvgIpc) is 2.30. The second-order valence-corrected chi connectivity index (χ2v) is 5.79. The van der Waals surface area contributed by atoms with E-state index in [9.17, 15) is 10.1 Å². The third-order valence-corrected chi connectivity index (χ3v) is 3.67. The SMILES string of the molecule is Cc1ccc([N+](=O)[O-])cc1NCC(C(C)C)C(C)C. The minimum atomic E-state index is -0.354. The zero-order valence-corrected chi connectivity index (χ0v) is 12.4. The molecule has 0 spiro atoms. The van der Waals surface area contributed by atoms with Crippen LogP contribution in [0.3, 0.4) is 0 Å². The maximum Gasteiger partial charge on any atom is 0.271 e. The number of non-ortho nitro benzene ring substituents is 1. The van der Waals surface area contributed by atoms with Gasteiger partial charge in [-0.3, -0.25) is 10.1 Å². The molecule has 1 aromatic rings. The molecule has 4 nitrogen and oxygen atoms in total. The van der Waals surface area contributed by atoms with Crippen molar-refractivity contribution in [3.05, 3.63) is 33.9 Å². The summed E-state index contributed by atoms with van der Waals surface area (Å²) in [5, 5.41) is 14.2. The van der Waals surface area contributed by atoms with Gasteiger partial charge in [0, 0.05) is 24.4 Å². The Kier molecular flexibility index (Phi) is 5.33. The van der Waals surface area contributed by atoms with Gasteiger partial charge in [-0.15, -0.1) is 0 Å². The monoisotopic (exact) mass is 264 g/mol. The Labute approximate surface area is 115 Å². The van der Waals surface area contributed by atoms with Gasteiger partial charge in [-0.2, -0.15) is 0 Å². The van der Waals surface area contributed by atoms with E-state index in [1.807, 2.05) is 6.92 Å². The van der Waals surface area contributed by atoms with Crippen molar-refractivity contribution in [3.63, 3.8) is 0 Å². The Bertz CT molecular complexity index is 434. The summed E-state index contributed by atoms with van der Waals surface area (Å²) in [5.74, 6) is 1.73. The zero-order chi connectivity index (χ0) is 14.6. The number of nitro benzene ring substituents is 1. The Morgan fingerprint density at radius 1 is 1.21 bits per heavy atom. The summed E-state index contributed by atoms with van der Waals surface area (Å²) < 4.78 is 0. The van der Waals surface area contributed by atoms with Crippen LogP contribution < -0.4 is 5.32 Å². The molecule has 0 saturated carbocycles. The first-order valence-electron chi connectivity index (χ1n) is 6.81. The Balaban J connectivity index is 2.81. The van der Waals surface area contributed by atoms with Gasteiger partial charge in [0.25, 0.3) is 5.69 Å². The van der Waals surface area contributed by atoms with E-state index in [2.05, 4.69) is 33.0 Å². The number of anilines is 1. The second-order valence-electron chi connectivity index (χ2n) is 5.79. The molecule has 0 aliphatic rings. The molecule has 1 aromatic carbocycles. The lowest BCUT2D eigenvalue weighted by Gasteiger charge is -2.26. The molecule has 1 N–H and O–H groups in total. The van der Waals surface area contributed by atoms with Crippen LogP contribution in [0.4, 0.5) is 11.4 Å². The predicted octanol–water partition coefficient (Wildman–Crippen LogP) is 4.24. The van der Waals surface area contributed by atoms with Crippen LogP contribution in [0.2, 0.25) is 0 Å². The topological polar surface area (TPSA) is 55.2 Å². The number of rotatable bonds is 6. The molecule has 0 aromatic heterocycles. The van der Waals surface area contributed by atoms with E-state index in [4.69, 9.17) is 0 Å². The van der Waals surface area contributed by atoms with Crippen molar-refractivity contribution in [2.45, 2.75) is 34.6 Å². The fraction of sp³-hybridized carbons (Fsp3) is 0.600. The third-order valence-electron chi connectivity index (χ3n) is 3.67. The summed E-state index contributed by atoms with van der Waals surface area (Å²) in [6.07, 6.45) is 0. The fourth-order valence-corrected chi connectivity index (χ4v) is 2.38. The Morgan fingerprint density at radius 3 is 2.26 bits per heavy atom. The lowest BCUT2D eigenvalue weighted by Crippen LogP contribution is -2.24. The van der Waals surface area contributed by atoms with E-state index >= 15 is 0 Å². The molecule has 0 amide bonds. The highest BCUT2D eigenvalue weighted by atomic mass is 16.6. The van der Waals surface area contributed by atoms with Gasteiger partial charge in [0.05, 0.1) is 4.92 Å². The summed E-state index contributed by atoms with van der Waals surface area (Å²) in [4.78, 5) is 10.4. The minimum absolute atomic E-state index is 0.138. The van der Waals surface area contributed by atoms with Crippen molar-refractivity contribution < 1.29 is 4.92 Å². The van der Waals surface area contributed by atoms with E-state index in [1.54, 1.807) is 18.2 Å². The first-order valence-corrected chi connectivity index (χ1v) is 6.81. The van der Waals surface area contributed by atoms with Crippen molar-refractivity contribution in [2.75, 3.05) is 11.9 Å². The number of hydrogen-bond acceptors (Lipinski definition) is 3. The highest BCUT2D eigenvalue weighted by Gasteiger charge is 2.18. The van der Waals surface area contributed by atoms with Crippen molar-refractivity contribution in [2.24, 2.45) is 17.8 Å².